The molecule has 0 saturated heterocycles. The summed E-state index contributed by atoms with van der Waals surface area (Å²) in [4.78, 5) is 13.5. The van der Waals surface area contributed by atoms with Crippen LogP contribution in [0.15, 0.2) is 47.4 Å². The Hall–Kier alpha value is -1.89. The summed E-state index contributed by atoms with van der Waals surface area (Å²) in [5.41, 5.74) is 2.54. The van der Waals surface area contributed by atoms with Crippen molar-refractivity contribution in [2.24, 2.45) is 0 Å². The lowest BCUT2D eigenvalue weighted by molar-refractivity contribution is -0.116. The van der Waals surface area contributed by atoms with E-state index < -0.39 is 10.0 Å². The topological polar surface area (TPSA) is 66.5 Å². The van der Waals surface area contributed by atoms with Crippen molar-refractivity contribution in [2.45, 2.75) is 37.6 Å². The van der Waals surface area contributed by atoms with Gasteiger partial charge in [0.05, 0.1) is 4.90 Å². The molecule has 1 aliphatic rings. The average Bonchev–Trinajstić information content (AvgIpc) is 3.04. The van der Waals surface area contributed by atoms with Gasteiger partial charge in [-0.1, -0.05) is 30.7 Å². The van der Waals surface area contributed by atoms with E-state index in [0.29, 0.717) is 24.4 Å². The van der Waals surface area contributed by atoms with Crippen LogP contribution < -0.4 is 9.62 Å². The molecule has 2 aromatic rings. The first-order valence-electron chi connectivity index (χ1n) is 8.50. The molecule has 1 aliphatic heterocycles. The number of sulfonamides is 1. The second-order valence-electron chi connectivity index (χ2n) is 6.34. The van der Waals surface area contributed by atoms with Crippen molar-refractivity contribution in [2.75, 3.05) is 11.4 Å². The number of rotatable bonds is 5. The summed E-state index contributed by atoms with van der Waals surface area (Å²) in [6.45, 7) is 4.03. The lowest BCUT2D eigenvalue weighted by atomic mass is 10.1. The van der Waals surface area contributed by atoms with Crippen LogP contribution in [0.2, 0.25) is 5.02 Å². The fourth-order valence-electron chi connectivity index (χ4n) is 3.21. The van der Waals surface area contributed by atoms with Crippen LogP contribution >= 0.6 is 11.6 Å². The van der Waals surface area contributed by atoms with Crippen molar-refractivity contribution in [1.29, 1.82) is 0 Å². The fraction of sp³-hybridized carbons (Fsp3) is 0.316. The van der Waals surface area contributed by atoms with Gasteiger partial charge in [0.25, 0.3) is 0 Å². The van der Waals surface area contributed by atoms with E-state index in [-0.39, 0.29) is 16.8 Å². The summed E-state index contributed by atoms with van der Waals surface area (Å²) in [5, 5.41) is 0.611. The Kier molecular flexibility index (Phi) is 5.37. The molecule has 0 radical (unpaired) electrons. The molecule has 138 valence electrons. The number of amides is 1. The summed E-state index contributed by atoms with van der Waals surface area (Å²) in [7, 11) is -3.68. The van der Waals surface area contributed by atoms with E-state index in [1.165, 1.54) is 6.92 Å². The Morgan fingerprint density at radius 3 is 2.54 bits per heavy atom. The van der Waals surface area contributed by atoms with E-state index >= 15 is 0 Å². The van der Waals surface area contributed by atoms with E-state index in [9.17, 15) is 13.2 Å². The molecule has 1 unspecified atom stereocenters. The summed E-state index contributed by atoms with van der Waals surface area (Å²) < 4.78 is 28.4. The minimum absolute atomic E-state index is 0.0359. The van der Waals surface area contributed by atoms with Crippen LogP contribution in [0.4, 0.5) is 5.69 Å². The maximum Gasteiger partial charge on any atom is 0.241 e. The van der Waals surface area contributed by atoms with Gasteiger partial charge in [0.2, 0.25) is 15.9 Å². The maximum atomic E-state index is 12.8. The van der Waals surface area contributed by atoms with Crippen LogP contribution in [0.25, 0.3) is 0 Å². The van der Waals surface area contributed by atoms with Crippen LogP contribution in [0.1, 0.15) is 37.4 Å². The molecule has 2 aromatic carbocycles. The largest absolute Gasteiger partial charge is 0.312 e. The molecular weight excluding hydrogens is 372 g/mol. The van der Waals surface area contributed by atoms with E-state index in [1.807, 2.05) is 19.1 Å². The second kappa shape index (κ2) is 7.39. The van der Waals surface area contributed by atoms with Gasteiger partial charge in [0.1, 0.15) is 0 Å². The van der Waals surface area contributed by atoms with E-state index in [1.54, 1.807) is 35.2 Å². The van der Waals surface area contributed by atoms with E-state index in [0.717, 1.165) is 16.8 Å². The van der Waals surface area contributed by atoms with Crippen LogP contribution in [-0.2, 0) is 21.2 Å². The molecule has 3 rings (SSSR count). The summed E-state index contributed by atoms with van der Waals surface area (Å²) in [6, 6.07) is 11.7. The smallest absolute Gasteiger partial charge is 0.241 e. The van der Waals surface area contributed by atoms with E-state index in [4.69, 9.17) is 11.6 Å². The molecule has 1 N–H and O–H groups in total. The van der Waals surface area contributed by atoms with E-state index in [2.05, 4.69) is 4.72 Å². The first kappa shape index (κ1) is 18.9. The highest BCUT2D eigenvalue weighted by atomic mass is 35.5. The number of halogens is 1. The number of nitrogens with zero attached hydrogens (tertiary/aromatic N) is 1. The summed E-state index contributed by atoms with van der Waals surface area (Å²) >= 11 is 5.91. The highest BCUT2D eigenvalue weighted by molar-refractivity contribution is 7.89. The molecule has 7 heteroatoms. The number of anilines is 1. The predicted molar refractivity (Wildman–Crippen MR) is 103 cm³/mol. The van der Waals surface area contributed by atoms with Gasteiger partial charge >= 0.3 is 0 Å². The lowest BCUT2D eigenvalue weighted by Gasteiger charge is -2.19. The number of carbonyl (C=O) groups excluding carboxylic acids is 1. The molecule has 1 amide bonds. The standard InChI is InChI=1S/C19H21ClN2O3S/c1-3-18(14-4-6-16(20)7-5-14)21-26(24,25)17-8-9-19-15(12-17)10-11-22(19)13(2)23/h4-9,12,18,21H,3,10-11H2,1-2H3. The van der Waals surface area contributed by atoms with Crippen LogP contribution in [0.5, 0.6) is 0 Å². The fourth-order valence-corrected chi connectivity index (χ4v) is 4.69. The van der Waals surface area contributed by atoms with Gasteiger partial charge in [0, 0.05) is 30.2 Å². The molecule has 0 aliphatic carbocycles. The Balaban J connectivity index is 1.86. The minimum Gasteiger partial charge on any atom is -0.312 e. The van der Waals surface area contributed by atoms with Crippen molar-refractivity contribution >= 4 is 33.2 Å². The van der Waals surface area contributed by atoms with Crippen molar-refractivity contribution in [3.05, 3.63) is 58.6 Å². The Labute approximate surface area is 159 Å². The van der Waals surface area contributed by atoms with Gasteiger partial charge in [-0.25, -0.2) is 13.1 Å². The number of hydrogen-bond acceptors (Lipinski definition) is 3. The number of fused-ring (bicyclic) bond motifs is 1. The zero-order valence-corrected chi connectivity index (χ0v) is 16.3. The first-order valence-corrected chi connectivity index (χ1v) is 10.4. The number of carbonyl (C=O) groups is 1. The molecule has 0 aromatic heterocycles. The zero-order chi connectivity index (χ0) is 18.9. The second-order valence-corrected chi connectivity index (χ2v) is 8.50. The highest BCUT2D eigenvalue weighted by Crippen LogP contribution is 2.31. The van der Waals surface area contributed by atoms with Gasteiger partial charge < -0.3 is 4.90 Å². The van der Waals surface area contributed by atoms with Crippen molar-refractivity contribution in [3.8, 4) is 0 Å². The monoisotopic (exact) mass is 392 g/mol. The first-order chi connectivity index (χ1) is 12.3. The van der Waals surface area contributed by atoms with Gasteiger partial charge in [-0.15, -0.1) is 0 Å². The third-order valence-corrected chi connectivity index (χ3v) is 6.34. The molecule has 1 atom stereocenters. The van der Waals surface area contributed by atoms with Gasteiger partial charge in [-0.05, 0) is 54.3 Å². The molecule has 1 heterocycles. The number of nitrogens with one attached hydrogen (secondary N) is 1. The Morgan fingerprint density at radius 2 is 1.92 bits per heavy atom. The molecule has 0 fully saturated rings. The Bertz CT molecular complexity index is 926. The van der Waals surface area contributed by atoms with Gasteiger partial charge in [-0.3, -0.25) is 4.79 Å². The third kappa shape index (κ3) is 3.77. The maximum absolute atomic E-state index is 12.8. The third-order valence-electron chi connectivity index (χ3n) is 4.61. The quantitative estimate of drug-likeness (QED) is 0.844. The van der Waals surface area contributed by atoms with Crippen molar-refractivity contribution in [1.82, 2.24) is 4.72 Å². The van der Waals surface area contributed by atoms with Crippen molar-refractivity contribution in [3.63, 3.8) is 0 Å². The summed E-state index contributed by atoms with van der Waals surface area (Å²) in [5.74, 6) is -0.0359. The lowest BCUT2D eigenvalue weighted by Crippen LogP contribution is -2.28. The minimum atomic E-state index is -3.68. The van der Waals surface area contributed by atoms with Crippen LogP contribution in [-0.4, -0.2) is 20.9 Å². The number of hydrogen-bond donors (Lipinski definition) is 1. The molecule has 26 heavy (non-hydrogen) atoms. The molecule has 0 saturated carbocycles. The average molecular weight is 393 g/mol. The van der Waals surface area contributed by atoms with Gasteiger partial charge in [-0.2, -0.15) is 0 Å². The zero-order valence-electron chi connectivity index (χ0n) is 14.7. The normalized spacial score (nSPS) is 15.0. The molecule has 5 nitrogen and oxygen atoms in total. The Morgan fingerprint density at radius 1 is 1.23 bits per heavy atom. The molecular formula is C19H21ClN2O3S. The summed E-state index contributed by atoms with van der Waals surface area (Å²) in [6.07, 6.45) is 1.27. The van der Waals surface area contributed by atoms with Crippen LogP contribution in [0, 0.1) is 0 Å². The SMILES string of the molecule is CCC(NS(=O)(=O)c1ccc2c(c1)CCN2C(C)=O)c1ccc(Cl)cc1. The van der Waals surface area contributed by atoms with Gasteiger partial charge in [0.15, 0.2) is 0 Å². The van der Waals surface area contributed by atoms with Crippen molar-refractivity contribution < 1.29 is 13.2 Å². The van der Waals surface area contributed by atoms with Crippen LogP contribution in [0.3, 0.4) is 0 Å². The molecule has 0 bridgehead atoms. The highest BCUT2D eigenvalue weighted by Gasteiger charge is 2.26. The number of benzene rings is 2. The molecule has 0 spiro atoms. The predicted octanol–water partition coefficient (Wildman–Crippen LogP) is 3.68.